The van der Waals surface area contributed by atoms with Crippen LogP contribution in [0.1, 0.15) is 35.1 Å². The Morgan fingerprint density at radius 2 is 1.23 bits per heavy atom. The Hall–Kier alpha value is -4.06. The van der Waals surface area contributed by atoms with Crippen LogP contribution in [-0.2, 0) is 31.2 Å². The molecule has 1 spiro atoms. The number of ketones is 1. The van der Waals surface area contributed by atoms with Gasteiger partial charge in [-0.15, -0.1) is 0 Å². The van der Waals surface area contributed by atoms with E-state index in [4.69, 9.17) is 9.47 Å². The van der Waals surface area contributed by atoms with Crippen LogP contribution in [0.5, 0.6) is 0 Å². The second-order valence-electron chi connectivity index (χ2n) is 10.3. The molecule has 4 aromatic rings. The van der Waals surface area contributed by atoms with Crippen LogP contribution >= 0.6 is 0 Å². The fraction of sp³-hybridized carbons (Fsp3) is 0.235. The number of rotatable bonds is 8. The topological polar surface area (TPSA) is 55.8 Å². The summed E-state index contributed by atoms with van der Waals surface area (Å²) in [5.74, 6) is -0.398. The molecule has 2 atom stereocenters. The van der Waals surface area contributed by atoms with E-state index in [0.29, 0.717) is 19.4 Å². The molecule has 1 amide bonds. The van der Waals surface area contributed by atoms with Crippen molar-refractivity contribution in [1.29, 1.82) is 0 Å². The summed E-state index contributed by atoms with van der Waals surface area (Å²) in [6, 6.07) is 40.2. The normalized spacial score (nSPS) is 21.1. The number of Topliss-reactive ketones (excluding diaryl/α,β-unsaturated/α-hetero) is 1. The minimum Gasteiger partial charge on any atom is -0.358 e. The first-order chi connectivity index (χ1) is 19.1. The van der Waals surface area contributed by atoms with Gasteiger partial charge in [0.25, 0.3) is 5.91 Å². The van der Waals surface area contributed by atoms with Gasteiger partial charge in [-0.1, -0.05) is 121 Å². The van der Waals surface area contributed by atoms with Crippen molar-refractivity contribution in [3.63, 3.8) is 0 Å². The minimum atomic E-state index is -1.41. The van der Waals surface area contributed by atoms with Gasteiger partial charge in [-0.25, -0.2) is 0 Å². The monoisotopic (exact) mass is 517 g/mol. The van der Waals surface area contributed by atoms with Crippen molar-refractivity contribution in [3.05, 3.63) is 144 Å². The molecule has 5 nitrogen and oxygen atoms in total. The van der Waals surface area contributed by atoms with E-state index >= 15 is 0 Å². The number of benzene rings is 4. The Bertz CT molecular complexity index is 1330. The van der Waals surface area contributed by atoms with Crippen molar-refractivity contribution >= 4 is 11.7 Å². The third kappa shape index (κ3) is 4.58. The minimum absolute atomic E-state index is 0.0727. The zero-order valence-electron chi connectivity index (χ0n) is 21.7. The molecule has 2 heterocycles. The van der Waals surface area contributed by atoms with Crippen LogP contribution in [0.25, 0.3) is 0 Å². The first-order valence-electron chi connectivity index (χ1n) is 13.5. The molecular formula is C34H31NO4. The summed E-state index contributed by atoms with van der Waals surface area (Å²) in [6.07, 6.45) is 0.564. The summed E-state index contributed by atoms with van der Waals surface area (Å²) in [6.45, 7) is 0.708. The number of carbonyl (C=O) groups is 2. The zero-order valence-corrected chi connectivity index (χ0v) is 21.7. The maximum Gasteiger partial charge on any atom is 0.263 e. The standard InChI is InChI=1S/C34H31NO4/c36-31-24-35(23-26-13-5-1-6-14-26)32(37)33(31)22-21-30(39-33)25-38-34(27-15-7-2-8-16-27,28-17-9-3-10-18-28)29-19-11-4-12-20-29/h1-20,30H,21-25H2/t30-,33+/m0/s1. The van der Waals surface area contributed by atoms with E-state index in [1.54, 1.807) is 4.90 Å². The van der Waals surface area contributed by atoms with Crippen molar-refractivity contribution < 1.29 is 19.1 Å². The SMILES string of the molecule is O=C1CN(Cc2ccccc2)C(=O)[C@@]12CC[C@@H](COC(c1ccccc1)(c1ccccc1)c1ccccc1)O2. The average molecular weight is 518 g/mol. The summed E-state index contributed by atoms with van der Waals surface area (Å²) in [5.41, 5.74) is 1.70. The maximum atomic E-state index is 13.5. The largest absolute Gasteiger partial charge is 0.358 e. The highest BCUT2D eigenvalue weighted by Crippen LogP contribution is 2.43. The van der Waals surface area contributed by atoms with Crippen molar-refractivity contribution in [3.8, 4) is 0 Å². The predicted molar refractivity (Wildman–Crippen MR) is 149 cm³/mol. The van der Waals surface area contributed by atoms with Crippen LogP contribution in [0.2, 0.25) is 0 Å². The van der Waals surface area contributed by atoms with Gasteiger partial charge in [-0.05, 0) is 35.1 Å². The third-order valence-electron chi connectivity index (χ3n) is 7.85. The van der Waals surface area contributed by atoms with E-state index in [-0.39, 0.29) is 30.9 Å². The average Bonchev–Trinajstić information content (AvgIpc) is 3.53. The number of amides is 1. The highest BCUT2D eigenvalue weighted by atomic mass is 16.6. The van der Waals surface area contributed by atoms with E-state index in [1.807, 2.05) is 84.9 Å². The molecule has 5 heteroatoms. The highest BCUT2D eigenvalue weighted by Gasteiger charge is 2.59. The van der Waals surface area contributed by atoms with Gasteiger partial charge in [0.1, 0.15) is 5.60 Å². The molecule has 196 valence electrons. The molecule has 6 rings (SSSR count). The van der Waals surface area contributed by atoms with Crippen LogP contribution in [0.4, 0.5) is 0 Å². The van der Waals surface area contributed by atoms with Crippen LogP contribution in [0.15, 0.2) is 121 Å². The molecule has 2 saturated heterocycles. The summed E-state index contributed by atoms with van der Waals surface area (Å²) in [5, 5.41) is 0. The van der Waals surface area contributed by atoms with Crippen LogP contribution in [0, 0.1) is 0 Å². The smallest absolute Gasteiger partial charge is 0.263 e. The molecule has 0 bridgehead atoms. The van der Waals surface area contributed by atoms with Crippen LogP contribution in [0.3, 0.4) is 0 Å². The van der Waals surface area contributed by atoms with Gasteiger partial charge >= 0.3 is 0 Å². The van der Waals surface area contributed by atoms with Crippen LogP contribution < -0.4 is 0 Å². The molecule has 0 N–H and O–H groups in total. The maximum absolute atomic E-state index is 13.5. The van der Waals surface area contributed by atoms with Crippen molar-refractivity contribution in [1.82, 2.24) is 4.90 Å². The first-order valence-corrected chi connectivity index (χ1v) is 13.5. The van der Waals surface area contributed by atoms with Crippen molar-refractivity contribution in [2.24, 2.45) is 0 Å². The third-order valence-corrected chi connectivity index (χ3v) is 7.85. The molecule has 0 saturated carbocycles. The van der Waals surface area contributed by atoms with E-state index in [1.165, 1.54) is 0 Å². The van der Waals surface area contributed by atoms with Gasteiger partial charge in [0.2, 0.25) is 5.60 Å². The Morgan fingerprint density at radius 3 is 1.74 bits per heavy atom. The number of hydrogen-bond donors (Lipinski definition) is 0. The summed E-state index contributed by atoms with van der Waals surface area (Å²) >= 11 is 0. The highest BCUT2D eigenvalue weighted by molar-refractivity contribution is 6.16. The fourth-order valence-electron chi connectivity index (χ4n) is 5.91. The second-order valence-corrected chi connectivity index (χ2v) is 10.3. The molecule has 2 aliphatic rings. The van der Waals surface area contributed by atoms with Gasteiger partial charge in [0.05, 0.1) is 19.3 Å². The quantitative estimate of drug-likeness (QED) is 0.228. The summed E-state index contributed by atoms with van der Waals surface area (Å²) in [7, 11) is 0. The van der Waals surface area contributed by atoms with Gasteiger partial charge < -0.3 is 14.4 Å². The van der Waals surface area contributed by atoms with Gasteiger partial charge in [-0.3, -0.25) is 9.59 Å². The summed E-state index contributed by atoms with van der Waals surface area (Å²) < 4.78 is 13.2. The molecule has 0 unspecified atom stereocenters. The van der Waals surface area contributed by atoms with Crippen LogP contribution in [-0.4, -0.2) is 41.4 Å². The Labute approximate surface area is 229 Å². The Morgan fingerprint density at radius 1 is 0.744 bits per heavy atom. The van der Waals surface area contributed by atoms with E-state index in [2.05, 4.69) is 36.4 Å². The van der Waals surface area contributed by atoms with Crippen molar-refractivity contribution in [2.45, 2.75) is 36.7 Å². The number of hydrogen-bond acceptors (Lipinski definition) is 4. The van der Waals surface area contributed by atoms with E-state index in [9.17, 15) is 9.59 Å². The molecule has 0 radical (unpaired) electrons. The molecule has 2 aliphatic heterocycles. The second kappa shape index (κ2) is 10.6. The molecule has 39 heavy (non-hydrogen) atoms. The molecule has 2 fully saturated rings. The lowest BCUT2D eigenvalue weighted by atomic mass is 9.80. The number of likely N-dealkylation sites (tertiary alicyclic amines) is 1. The van der Waals surface area contributed by atoms with Crippen molar-refractivity contribution in [2.75, 3.05) is 13.2 Å². The number of ether oxygens (including phenoxy) is 2. The lowest BCUT2D eigenvalue weighted by Crippen LogP contribution is -2.44. The fourth-order valence-corrected chi connectivity index (χ4v) is 5.91. The Balaban J connectivity index is 1.27. The van der Waals surface area contributed by atoms with E-state index in [0.717, 1.165) is 22.3 Å². The first kappa shape index (κ1) is 25.2. The number of carbonyl (C=O) groups excluding carboxylic acids is 2. The van der Waals surface area contributed by atoms with Gasteiger partial charge in [0.15, 0.2) is 5.78 Å². The molecular weight excluding hydrogens is 486 g/mol. The van der Waals surface area contributed by atoms with Gasteiger partial charge in [-0.2, -0.15) is 0 Å². The lowest BCUT2D eigenvalue weighted by Gasteiger charge is -2.37. The summed E-state index contributed by atoms with van der Waals surface area (Å²) in [4.78, 5) is 28.3. The number of nitrogens with zero attached hydrogens (tertiary/aromatic N) is 1. The van der Waals surface area contributed by atoms with E-state index < -0.39 is 11.2 Å². The molecule has 0 aromatic heterocycles. The zero-order chi connectivity index (χ0) is 26.7. The van der Waals surface area contributed by atoms with Gasteiger partial charge in [0, 0.05) is 6.54 Å². The predicted octanol–water partition coefficient (Wildman–Crippen LogP) is 5.52. The Kier molecular flexibility index (Phi) is 6.86. The molecule has 4 aromatic carbocycles. The lowest BCUT2D eigenvalue weighted by molar-refractivity contribution is -0.158. The molecule has 0 aliphatic carbocycles.